The molecule has 1 heterocycles. The minimum Gasteiger partial charge on any atom is -0.309 e. The molecule has 118 valence electrons. The van der Waals surface area contributed by atoms with Gasteiger partial charge in [0.15, 0.2) is 0 Å². The van der Waals surface area contributed by atoms with Crippen LogP contribution in [0.5, 0.6) is 0 Å². The van der Waals surface area contributed by atoms with E-state index in [9.17, 15) is 0 Å². The molecular formula is C17H35N3. The van der Waals surface area contributed by atoms with Gasteiger partial charge in [0.1, 0.15) is 0 Å². The van der Waals surface area contributed by atoms with Gasteiger partial charge in [-0.1, -0.05) is 6.42 Å². The molecule has 0 amide bonds. The zero-order valence-corrected chi connectivity index (χ0v) is 14.3. The number of rotatable bonds is 3. The molecule has 0 aromatic heterocycles. The molecule has 1 saturated carbocycles. The van der Waals surface area contributed by atoms with Crippen molar-refractivity contribution in [3.05, 3.63) is 0 Å². The van der Waals surface area contributed by atoms with Gasteiger partial charge in [0.05, 0.1) is 0 Å². The van der Waals surface area contributed by atoms with E-state index in [1.165, 1.54) is 51.6 Å². The molecule has 20 heavy (non-hydrogen) atoms. The number of hydrogen-bond donors (Lipinski definition) is 1. The van der Waals surface area contributed by atoms with Gasteiger partial charge in [-0.3, -0.25) is 0 Å². The largest absolute Gasteiger partial charge is 0.309 e. The van der Waals surface area contributed by atoms with Gasteiger partial charge in [0.2, 0.25) is 0 Å². The third kappa shape index (κ3) is 4.71. The van der Waals surface area contributed by atoms with Crippen LogP contribution in [0.3, 0.4) is 0 Å². The molecule has 0 aromatic carbocycles. The summed E-state index contributed by atoms with van der Waals surface area (Å²) in [6.45, 7) is 9.48. The fourth-order valence-electron chi connectivity index (χ4n) is 4.01. The average molecular weight is 281 g/mol. The van der Waals surface area contributed by atoms with E-state index < -0.39 is 0 Å². The Morgan fingerprint density at radius 1 is 1.00 bits per heavy atom. The van der Waals surface area contributed by atoms with Gasteiger partial charge in [-0.2, -0.15) is 0 Å². The third-order valence-electron chi connectivity index (χ3n) is 5.03. The lowest BCUT2D eigenvalue weighted by molar-refractivity contribution is 0.0785. The van der Waals surface area contributed by atoms with Crippen molar-refractivity contribution in [2.75, 3.05) is 27.2 Å². The van der Waals surface area contributed by atoms with Crippen LogP contribution in [0.2, 0.25) is 0 Å². The fourth-order valence-corrected chi connectivity index (χ4v) is 4.01. The summed E-state index contributed by atoms with van der Waals surface area (Å²) in [5.41, 5.74) is 0.254. The van der Waals surface area contributed by atoms with Crippen LogP contribution in [0.1, 0.15) is 59.3 Å². The van der Waals surface area contributed by atoms with E-state index in [1.807, 2.05) is 0 Å². The zero-order chi connectivity index (χ0) is 14.8. The van der Waals surface area contributed by atoms with Gasteiger partial charge in [-0.25, -0.2) is 0 Å². The summed E-state index contributed by atoms with van der Waals surface area (Å²) >= 11 is 0. The maximum absolute atomic E-state index is 3.82. The smallest absolute Gasteiger partial charge is 0.0113 e. The quantitative estimate of drug-likeness (QED) is 0.858. The second-order valence-electron chi connectivity index (χ2n) is 8.14. The van der Waals surface area contributed by atoms with E-state index in [2.05, 4.69) is 50.0 Å². The van der Waals surface area contributed by atoms with Crippen molar-refractivity contribution in [1.82, 2.24) is 15.1 Å². The highest BCUT2D eigenvalue weighted by Crippen LogP contribution is 2.27. The Morgan fingerprint density at radius 3 is 2.20 bits per heavy atom. The van der Waals surface area contributed by atoms with Crippen LogP contribution in [0.25, 0.3) is 0 Å². The van der Waals surface area contributed by atoms with Crippen LogP contribution in [-0.4, -0.2) is 60.6 Å². The normalized spacial score (nSPS) is 30.9. The highest BCUT2D eigenvalue weighted by molar-refractivity contribution is 4.89. The molecular weight excluding hydrogens is 246 g/mol. The molecule has 1 N–H and O–H groups in total. The lowest BCUT2D eigenvalue weighted by atomic mass is 9.87. The van der Waals surface area contributed by atoms with Crippen molar-refractivity contribution in [2.45, 2.75) is 83.0 Å². The van der Waals surface area contributed by atoms with Crippen molar-refractivity contribution < 1.29 is 0 Å². The summed E-state index contributed by atoms with van der Waals surface area (Å²) in [4.78, 5) is 5.18. The summed E-state index contributed by atoms with van der Waals surface area (Å²) in [5, 5.41) is 3.82. The predicted molar refractivity (Wildman–Crippen MR) is 87.2 cm³/mol. The molecule has 1 aliphatic heterocycles. The zero-order valence-electron chi connectivity index (χ0n) is 14.3. The van der Waals surface area contributed by atoms with Crippen molar-refractivity contribution >= 4 is 0 Å². The Labute approximate surface area is 126 Å². The number of piperidine rings is 1. The van der Waals surface area contributed by atoms with Gasteiger partial charge in [-0.05, 0) is 80.1 Å². The van der Waals surface area contributed by atoms with Crippen molar-refractivity contribution in [3.63, 3.8) is 0 Å². The molecule has 0 radical (unpaired) electrons. The summed E-state index contributed by atoms with van der Waals surface area (Å²) in [6, 6.07) is 2.35. The number of likely N-dealkylation sites (tertiary alicyclic amines) is 1. The Bertz CT molecular complexity index is 287. The Balaban J connectivity index is 1.81. The average Bonchev–Trinajstić information content (AvgIpc) is 2.37. The molecule has 0 bridgehead atoms. The first-order chi connectivity index (χ1) is 9.35. The number of nitrogens with one attached hydrogen (secondary N) is 1. The minimum absolute atomic E-state index is 0.254. The molecule has 3 heteroatoms. The Hall–Kier alpha value is -0.120. The lowest BCUT2D eigenvalue weighted by Gasteiger charge is -2.43. The second kappa shape index (κ2) is 6.76. The van der Waals surface area contributed by atoms with Crippen LogP contribution < -0.4 is 5.32 Å². The van der Waals surface area contributed by atoms with Gasteiger partial charge in [0, 0.05) is 23.7 Å². The van der Waals surface area contributed by atoms with E-state index in [4.69, 9.17) is 0 Å². The third-order valence-corrected chi connectivity index (χ3v) is 5.03. The maximum atomic E-state index is 3.82. The first-order valence-corrected chi connectivity index (χ1v) is 8.53. The van der Waals surface area contributed by atoms with Crippen LogP contribution >= 0.6 is 0 Å². The Kier molecular flexibility index (Phi) is 5.49. The SMILES string of the molecule is CN(C)C1CCN([C@H]2CCC[C@H](NC(C)(C)C)C2)CC1. The number of nitrogens with zero attached hydrogens (tertiary/aromatic N) is 2. The number of hydrogen-bond acceptors (Lipinski definition) is 3. The minimum atomic E-state index is 0.254. The van der Waals surface area contributed by atoms with E-state index in [1.54, 1.807) is 0 Å². The Morgan fingerprint density at radius 2 is 1.65 bits per heavy atom. The molecule has 1 aliphatic carbocycles. The van der Waals surface area contributed by atoms with Gasteiger partial charge in [-0.15, -0.1) is 0 Å². The standard InChI is InChI=1S/C17H35N3/c1-17(2,3)18-14-7-6-8-16(13-14)20-11-9-15(10-12-20)19(4)5/h14-16,18H,6-13H2,1-5H3/t14-,16-/m0/s1. The van der Waals surface area contributed by atoms with E-state index in [0.717, 1.165) is 18.1 Å². The van der Waals surface area contributed by atoms with Crippen LogP contribution in [0.4, 0.5) is 0 Å². The van der Waals surface area contributed by atoms with E-state index in [-0.39, 0.29) is 5.54 Å². The highest BCUT2D eigenvalue weighted by atomic mass is 15.2. The van der Waals surface area contributed by atoms with Crippen LogP contribution in [0.15, 0.2) is 0 Å². The first-order valence-electron chi connectivity index (χ1n) is 8.53. The second-order valence-corrected chi connectivity index (χ2v) is 8.14. The first kappa shape index (κ1) is 16.3. The summed E-state index contributed by atoms with van der Waals surface area (Å²) in [7, 11) is 4.45. The van der Waals surface area contributed by atoms with Gasteiger partial charge in [0.25, 0.3) is 0 Å². The molecule has 1 saturated heterocycles. The molecule has 2 fully saturated rings. The maximum Gasteiger partial charge on any atom is 0.0113 e. The molecule has 0 spiro atoms. The molecule has 0 aromatic rings. The molecule has 2 aliphatic rings. The van der Waals surface area contributed by atoms with Gasteiger partial charge >= 0.3 is 0 Å². The summed E-state index contributed by atoms with van der Waals surface area (Å²) in [5.74, 6) is 0. The molecule has 3 nitrogen and oxygen atoms in total. The van der Waals surface area contributed by atoms with Crippen molar-refractivity contribution in [3.8, 4) is 0 Å². The molecule has 2 rings (SSSR count). The van der Waals surface area contributed by atoms with Crippen LogP contribution in [0, 0.1) is 0 Å². The lowest BCUT2D eigenvalue weighted by Crippen LogP contribution is -2.52. The van der Waals surface area contributed by atoms with Gasteiger partial charge < -0.3 is 15.1 Å². The van der Waals surface area contributed by atoms with Crippen LogP contribution in [-0.2, 0) is 0 Å². The monoisotopic (exact) mass is 281 g/mol. The van der Waals surface area contributed by atoms with E-state index >= 15 is 0 Å². The topological polar surface area (TPSA) is 18.5 Å². The van der Waals surface area contributed by atoms with Crippen molar-refractivity contribution in [2.24, 2.45) is 0 Å². The highest BCUT2D eigenvalue weighted by Gasteiger charge is 2.31. The van der Waals surface area contributed by atoms with Crippen molar-refractivity contribution in [1.29, 1.82) is 0 Å². The fraction of sp³-hybridized carbons (Fsp3) is 1.00. The molecule has 0 unspecified atom stereocenters. The molecule has 2 atom stereocenters. The van der Waals surface area contributed by atoms with E-state index in [0.29, 0.717) is 0 Å². The summed E-state index contributed by atoms with van der Waals surface area (Å²) in [6.07, 6.45) is 8.22. The summed E-state index contributed by atoms with van der Waals surface area (Å²) < 4.78 is 0. The predicted octanol–water partition coefficient (Wildman–Crippen LogP) is 2.71.